The van der Waals surface area contributed by atoms with Crippen LogP contribution >= 0.6 is 0 Å². The summed E-state index contributed by atoms with van der Waals surface area (Å²) >= 11 is 0. The van der Waals surface area contributed by atoms with Gasteiger partial charge in [0.15, 0.2) is 0 Å². The number of hydrogen-bond donors (Lipinski definition) is 2. The molecule has 3 unspecified atom stereocenters. The average molecular weight is 215 g/mol. The van der Waals surface area contributed by atoms with Crippen LogP contribution in [0, 0.1) is 0 Å². The molecule has 3 nitrogen and oxygen atoms in total. The van der Waals surface area contributed by atoms with Crippen molar-refractivity contribution in [1.29, 1.82) is 0 Å². The second kappa shape index (κ2) is 7.20. The van der Waals surface area contributed by atoms with Gasteiger partial charge in [-0.15, -0.1) is 0 Å². The fourth-order valence-electron chi connectivity index (χ4n) is 2.05. The van der Waals surface area contributed by atoms with Gasteiger partial charge in [0, 0.05) is 12.6 Å². The molecule has 1 saturated heterocycles. The van der Waals surface area contributed by atoms with Crippen molar-refractivity contribution in [3.05, 3.63) is 0 Å². The molecule has 0 saturated carbocycles. The molecule has 0 spiro atoms. The van der Waals surface area contributed by atoms with Gasteiger partial charge < -0.3 is 15.2 Å². The Morgan fingerprint density at radius 2 is 2.33 bits per heavy atom. The van der Waals surface area contributed by atoms with Crippen LogP contribution in [-0.4, -0.2) is 36.5 Å². The molecule has 0 radical (unpaired) electrons. The molecular weight excluding hydrogens is 190 g/mol. The lowest BCUT2D eigenvalue weighted by Crippen LogP contribution is -2.39. The molecule has 0 aromatic heterocycles. The first kappa shape index (κ1) is 12.9. The number of ether oxygens (including phenoxy) is 1. The van der Waals surface area contributed by atoms with Gasteiger partial charge in [-0.05, 0) is 45.6 Å². The van der Waals surface area contributed by atoms with Crippen molar-refractivity contribution < 1.29 is 9.84 Å². The van der Waals surface area contributed by atoms with Crippen LogP contribution in [0.1, 0.15) is 46.0 Å². The van der Waals surface area contributed by atoms with Gasteiger partial charge in [-0.25, -0.2) is 0 Å². The van der Waals surface area contributed by atoms with Crippen molar-refractivity contribution in [2.45, 2.75) is 64.2 Å². The van der Waals surface area contributed by atoms with Crippen molar-refractivity contribution in [1.82, 2.24) is 5.32 Å². The van der Waals surface area contributed by atoms with Crippen LogP contribution in [0.25, 0.3) is 0 Å². The van der Waals surface area contributed by atoms with E-state index in [1.54, 1.807) is 0 Å². The minimum Gasteiger partial charge on any atom is -0.393 e. The van der Waals surface area contributed by atoms with E-state index in [0.717, 1.165) is 45.3 Å². The first-order valence-corrected chi connectivity index (χ1v) is 6.25. The Morgan fingerprint density at radius 1 is 1.53 bits per heavy atom. The minimum atomic E-state index is -0.162. The molecule has 1 heterocycles. The summed E-state index contributed by atoms with van der Waals surface area (Å²) in [5, 5.41) is 12.7. The molecule has 15 heavy (non-hydrogen) atoms. The average Bonchev–Trinajstić information content (AvgIpc) is 2.24. The Labute approximate surface area is 93.2 Å². The maximum absolute atomic E-state index is 9.12. The Bertz CT molecular complexity index is 162. The highest BCUT2D eigenvalue weighted by Gasteiger charge is 2.20. The molecule has 3 atom stereocenters. The zero-order valence-corrected chi connectivity index (χ0v) is 10.0. The summed E-state index contributed by atoms with van der Waals surface area (Å²) in [7, 11) is 0. The van der Waals surface area contributed by atoms with E-state index < -0.39 is 0 Å². The molecule has 1 aliphatic heterocycles. The minimum absolute atomic E-state index is 0.162. The van der Waals surface area contributed by atoms with E-state index in [4.69, 9.17) is 9.84 Å². The second-order valence-electron chi connectivity index (χ2n) is 4.57. The molecule has 1 aliphatic rings. The van der Waals surface area contributed by atoms with Crippen LogP contribution in [0.2, 0.25) is 0 Å². The summed E-state index contributed by atoms with van der Waals surface area (Å²) in [5.74, 6) is 0. The van der Waals surface area contributed by atoms with Crippen LogP contribution in [0.15, 0.2) is 0 Å². The molecule has 0 aromatic carbocycles. The normalized spacial score (nSPS) is 29.0. The summed E-state index contributed by atoms with van der Waals surface area (Å²) in [6.07, 6.45) is 5.64. The summed E-state index contributed by atoms with van der Waals surface area (Å²) in [4.78, 5) is 0. The lowest BCUT2D eigenvalue weighted by molar-refractivity contribution is -0.000122. The molecule has 0 amide bonds. The summed E-state index contributed by atoms with van der Waals surface area (Å²) < 4.78 is 5.62. The lowest BCUT2D eigenvalue weighted by Gasteiger charge is -2.29. The zero-order chi connectivity index (χ0) is 11.1. The number of rotatable bonds is 6. The van der Waals surface area contributed by atoms with Crippen LogP contribution in [-0.2, 0) is 4.74 Å². The highest BCUT2D eigenvalue weighted by atomic mass is 16.5. The van der Waals surface area contributed by atoms with Gasteiger partial charge in [-0.2, -0.15) is 0 Å². The fourth-order valence-corrected chi connectivity index (χ4v) is 2.05. The van der Waals surface area contributed by atoms with Crippen molar-refractivity contribution in [3.63, 3.8) is 0 Å². The molecule has 0 aromatic rings. The van der Waals surface area contributed by atoms with Crippen LogP contribution in [0.4, 0.5) is 0 Å². The van der Waals surface area contributed by atoms with Crippen molar-refractivity contribution >= 4 is 0 Å². The van der Waals surface area contributed by atoms with Crippen molar-refractivity contribution in [2.24, 2.45) is 0 Å². The smallest absolute Gasteiger partial charge is 0.0587 e. The lowest BCUT2D eigenvalue weighted by atomic mass is 10.0. The van der Waals surface area contributed by atoms with Crippen molar-refractivity contribution in [3.8, 4) is 0 Å². The van der Waals surface area contributed by atoms with Gasteiger partial charge >= 0.3 is 0 Å². The summed E-state index contributed by atoms with van der Waals surface area (Å²) in [6, 6.07) is 0.623. The first-order valence-electron chi connectivity index (χ1n) is 6.25. The maximum atomic E-state index is 9.12. The Morgan fingerprint density at radius 3 is 3.00 bits per heavy atom. The molecule has 2 N–H and O–H groups in total. The topological polar surface area (TPSA) is 41.5 Å². The van der Waals surface area contributed by atoms with E-state index in [-0.39, 0.29) is 6.10 Å². The van der Waals surface area contributed by atoms with Gasteiger partial charge in [0.1, 0.15) is 0 Å². The fraction of sp³-hybridized carbons (Fsp3) is 1.00. The predicted octanol–water partition coefficient (Wildman–Crippen LogP) is 1.69. The van der Waals surface area contributed by atoms with Crippen LogP contribution in [0.5, 0.6) is 0 Å². The van der Waals surface area contributed by atoms with Crippen LogP contribution < -0.4 is 5.32 Å². The Balaban J connectivity index is 2.05. The third kappa shape index (κ3) is 5.50. The van der Waals surface area contributed by atoms with E-state index in [1.165, 1.54) is 0 Å². The third-order valence-electron chi connectivity index (χ3n) is 3.05. The second-order valence-corrected chi connectivity index (χ2v) is 4.57. The molecule has 1 fully saturated rings. The van der Waals surface area contributed by atoms with Gasteiger partial charge in [0.05, 0.1) is 12.2 Å². The maximum Gasteiger partial charge on any atom is 0.0587 e. The van der Waals surface area contributed by atoms with E-state index >= 15 is 0 Å². The van der Waals surface area contributed by atoms with E-state index in [2.05, 4.69) is 12.2 Å². The number of aliphatic hydroxyl groups excluding tert-OH is 1. The molecule has 0 bridgehead atoms. The first-order chi connectivity index (χ1) is 7.22. The Kier molecular flexibility index (Phi) is 6.22. The van der Waals surface area contributed by atoms with E-state index in [9.17, 15) is 0 Å². The van der Waals surface area contributed by atoms with Gasteiger partial charge in [0.25, 0.3) is 0 Å². The third-order valence-corrected chi connectivity index (χ3v) is 3.05. The number of hydrogen-bond acceptors (Lipinski definition) is 3. The molecule has 1 rings (SSSR count). The molecule has 90 valence electrons. The quantitative estimate of drug-likeness (QED) is 0.663. The zero-order valence-electron chi connectivity index (χ0n) is 10.0. The predicted molar refractivity (Wildman–Crippen MR) is 62.0 cm³/mol. The number of aliphatic hydroxyl groups is 1. The molecular formula is C12H25NO2. The van der Waals surface area contributed by atoms with E-state index in [1.807, 2.05) is 6.92 Å². The summed E-state index contributed by atoms with van der Waals surface area (Å²) in [6.45, 7) is 5.95. The highest BCUT2D eigenvalue weighted by Crippen LogP contribution is 2.16. The highest BCUT2D eigenvalue weighted by molar-refractivity contribution is 4.76. The molecule has 0 aliphatic carbocycles. The van der Waals surface area contributed by atoms with Crippen LogP contribution in [0.3, 0.4) is 0 Å². The molecule has 3 heteroatoms. The van der Waals surface area contributed by atoms with Gasteiger partial charge in [0.2, 0.25) is 0 Å². The summed E-state index contributed by atoms with van der Waals surface area (Å²) in [5.41, 5.74) is 0. The van der Waals surface area contributed by atoms with Gasteiger partial charge in [-0.3, -0.25) is 0 Å². The van der Waals surface area contributed by atoms with Gasteiger partial charge in [-0.1, -0.05) is 6.92 Å². The largest absolute Gasteiger partial charge is 0.393 e. The SMILES string of the molecule is CCC1CC(NCCCC(C)O)CCO1. The van der Waals surface area contributed by atoms with Crippen molar-refractivity contribution in [2.75, 3.05) is 13.2 Å². The standard InChI is InChI=1S/C12H25NO2/c1-3-12-9-11(6-8-15-12)13-7-4-5-10(2)14/h10-14H,3-9H2,1-2H3. The monoisotopic (exact) mass is 215 g/mol. The van der Waals surface area contributed by atoms with E-state index in [0.29, 0.717) is 12.1 Å². The Hall–Kier alpha value is -0.120. The number of nitrogens with one attached hydrogen (secondary N) is 1.